The molecule has 0 bridgehead atoms. The molecule has 3 rings (SSSR count). The molecule has 0 saturated heterocycles. The van der Waals surface area contributed by atoms with Gasteiger partial charge in [-0.15, -0.1) is 0 Å². The Morgan fingerprint density at radius 3 is 2.21 bits per heavy atom. The Morgan fingerprint density at radius 2 is 1.70 bits per heavy atom. The summed E-state index contributed by atoms with van der Waals surface area (Å²) < 4.78 is 42.1. The number of carboxylic acid groups (broad SMARTS) is 1. The number of halogens is 2. The van der Waals surface area contributed by atoms with Gasteiger partial charge < -0.3 is 14.4 Å². The van der Waals surface area contributed by atoms with Gasteiger partial charge in [-0.2, -0.15) is 8.42 Å². The summed E-state index contributed by atoms with van der Waals surface area (Å²) in [5.41, 5.74) is 0.789. The monoisotopic (exact) mass is 612 g/mol. The van der Waals surface area contributed by atoms with Gasteiger partial charge in [0.05, 0.1) is 23.8 Å². The number of esters is 1. The van der Waals surface area contributed by atoms with Crippen LogP contribution in [0.25, 0.3) is 10.9 Å². The van der Waals surface area contributed by atoms with E-state index in [1.54, 1.807) is 24.3 Å². The first-order valence-electron chi connectivity index (χ1n) is 8.20. The molecule has 3 N–H and O–H groups in total. The molecule has 0 unspecified atom stereocenters. The summed E-state index contributed by atoms with van der Waals surface area (Å²) in [5.74, 6) is -1.73. The third-order valence-corrected chi connectivity index (χ3v) is 4.43. The Balaban J connectivity index is 0.000000277. The SMILES string of the molecule is COC(=O)Cc1ccc(Br)cc1[N+](=O)[O-].O=C(O)c1onc2cc(Br)ccc12.O=S(=O)(O)O. The smallest absolute Gasteiger partial charge is 0.394 e. The number of benzene rings is 2. The van der Waals surface area contributed by atoms with Gasteiger partial charge in [0.25, 0.3) is 11.4 Å². The zero-order chi connectivity index (χ0) is 25.3. The molecule has 33 heavy (non-hydrogen) atoms. The molecule has 0 aliphatic carbocycles. The third-order valence-electron chi connectivity index (χ3n) is 3.44. The van der Waals surface area contributed by atoms with Crippen molar-refractivity contribution in [1.29, 1.82) is 0 Å². The summed E-state index contributed by atoms with van der Waals surface area (Å²) in [6, 6.07) is 9.62. The Kier molecular flexibility index (Phi) is 10.5. The Labute approximate surface area is 202 Å². The number of nitrogens with zero attached hydrogens (tertiary/aromatic N) is 2. The van der Waals surface area contributed by atoms with Crippen molar-refractivity contribution in [1.82, 2.24) is 5.16 Å². The Bertz CT molecular complexity index is 1270. The van der Waals surface area contributed by atoms with Crippen molar-refractivity contribution in [3.8, 4) is 0 Å². The highest BCUT2D eigenvalue weighted by Gasteiger charge is 2.17. The number of aromatic carboxylic acids is 1. The van der Waals surface area contributed by atoms with Gasteiger partial charge in [-0.05, 0) is 24.3 Å². The molecule has 0 radical (unpaired) electrons. The maximum absolute atomic E-state index is 11.0. The van der Waals surface area contributed by atoms with Crippen LogP contribution in [0.15, 0.2) is 49.9 Å². The molecule has 2 aromatic carbocycles. The molecule has 0 aliphatic heterocycles. The molecule has 0 amide bonds. The second-order valence-electron chi connectivity index (χ2n) is 5.71. The summed E-state index contributed by atoms with van der Waals surface area (Å²) >= 11 is 6.38. The highest BCUT2D eigenvalue weighted by molar-refractivity contribution is 9.10. The minimum Gasteiger partial charge on any atom is -0.475 e. The first-order valence-corrected chi connectivity index (χ1v) is 11.2. The molecule has 0 spiro atoms. The number of ether oxygens (including phenoxy) is 1. The van der Waals surface area contributed by atoms with Gasteiger partial charge in [0.15, 0.2) is 0 Å². The molecule has 1 aromatic heterocycles. The molecular formula is C17H14Br2N2O11S. The quantitative estimate of drug-likeness (QED) is 0.166. The largest absolute Gasteiger partial charge is 0.475 e. The molecule has 1 heterocycles. The first kappa shape index (κ1) is 28.1. The molecule has 0 saturated carbocycles. The predicted molar refractivity (Wildman–Crippen MR) is 119 cm³/mol. The number of carbonyl (C=O) groups excluding carboxylic acids is 1. The van der Waals surface area contributed by atoms with Crippen LogP contribution in [0, 0.1) is 10.1 Å². The number of rotatable bonds is 4. The van der Waals surface area contributed by atoms with Crippen LogP contribution in [-0.2, 0) is 26.4 Å². The number of hydrogen-bond acceptors (Lipinski definition) is 9. The lowest BCUT2D eigenvalue weighted by Crippen LogP contribution is -2.06. The zero-order valence-electron chi connectivity index (χ0n) is 16.3. The van der Waals surface area contributed by atoms with Crippen LogP contribution in [0.1, 0.15) is 16.1 Å². The van der Waals surface area contributed by atoms with Gasteiger partial charge in [-0.1, -0.05) is 43.1 Å². The van der Waals surface area contributed by atoms with E-state index in [0.717, 1.165) is 4.47 Å². The number of nitro benzene ring substituents is 1. The summed E-state index contributed by atoms with van der Waals surface area (Å²) in [6.45, 7) is 0. The standard InChI is InChI=1S/C9H8BrNO4.C8H4BrNO3.H2O4S/c1-15-9(12)4-6-2-3-7(10)5-8(6)11(13)14;9-4-1-2-5-6(3-4)10-13-7(5)8(11)12;1-5(2,3)4/h2-3,5H,4H2,1H3;1-3H,(H,11,12);(H2,1,2,3,4). The number of carbonyl (C=O) groups is 2. The second-order valence-corrected chi connectivity index (χ2v) is 8.44. The van der Waals surface area contributed by atoms with Gasteiger partial charge >= 0.3 is 22.3 Å². The van der Waals surface area contributed by atoms with E-state index in [1.165, 1.54) is 19.2 Å². The lowest BCUT2D eigenvalue weighted by atomic mass is 10.1. The van der Waals surface area contributed by atoms with E-state index >= 15 is 0 Å². The van der Waals surface area contributed by atoms with Crippen LogP contribution in [-0.4, -0.2) is 51.8 Å². The van der Waals surface area contributed by atoms with Crippen molar-refractivity contribution in [2.24, 2.45) is 0 Å². The van der Waals surface area contributed by atoms with Crippen LogP contribution < -0.4 is 0 Å². The van der Waals surface area contributed by atoms with E-state index in [-0.39, 0.29) is 17.9 Å². The minimum absolute atomic E-state index is 0.0882. The molecule has 3 aromatic rings. The molecule has 0 atom stereocenters. The van der Waals surface area contributed by atoms with E-state index in [2.05, 4.69) is 46.3 Å². The van der Waals surface area contributed by atoms with E-state index in [9.17, 15) is 19.7 Å². The van der Waals surface area contributed by atoms with Gasteiger partial charge in [-0.3, -0.25) is 24.0 Å². The molecular weight excluding hydrogens is 600 g/mol. The Morgan fingerprint density at radius 1 is 1.15 bits per heavy atom. The Hall–Kier alpha value is -2.92. The highest BCUT2D eigenvalue weighted by atomic mass is 79.9. The van der Waals surface area contributed by atoms with E-state index in [4.69, 9.17) is 22.6 Å². The fraction of sp³-hybridized carbons (Fsp3) is 0.118. The second kappa shape index (κ2) is 12.4. The number of aromatic nitrogens is 1. The predicted octanol–water partition coefficient (Wildman–Crippen LogP) is 3.71. The first-order chi connectivity index (χ1) is 15.2. The van der Waals surface area contributed by atoms with Gasteiger partial charge in [0, 0.05) is 20.6 Å². The third kappa shape index (κ3) is 10.0. The van der Waals surface area contributed by atoms with Crippen molar-refractivity contribution < 1.29 is 46.4 Å². The van der Waals surface area contributed by atoms with E-state index in [1.807, 2.05) is 0 Å². The van der Waals surface area contributed by atoms with Crippen LogP contribution in [0.4, 0.5) is 5.69 Å². The van der Waals surface area contributed by atoms with Gasteiger partial charge in [0.1, 0.15) is 5.52 Å². The van der Waals surface area contributed by atoms with E-state index < -0.39 is 27.3 Å². The van der Waals surface area contributed by atoms with Gasteiger partial charge in [-0.25, -0.2) is 4.79 Å². The lowest BCUT2D eigenvalue weighted by Gasteiger charge is -2.02. The topological polar surface area (TPSA) is 207 Å². The molecule has 13 nitrogen and oxygen atoms in total. The van der Waals surface area contributed by atoms with Crippen molar-refractivity contribution in [2.75, 3.05) is 7.11 Å². The highest BCUT2D eigenvalue weighted by Crippen LogP contribution is 2.24. The fourth-order valence-corrected chi connectivity index (χ4v) is 2.85. The van der Waals surface area contributed by atoms with Crippen LogP contribution in [0.2, 0.25) is 0 Å². The van der Waals surface area contributed by atoms with Gasteiger partial charge in [0.2, 0.25) is 0 Å². The molecule has 0 fully saturated rings. The van der Waals surface area contributed by atoms with Crippen molar-refractivity contribution in [3.05, 3.63) is 66.8 Å². The van der Waals surface area contributed by atoms with Crippen LogP contribution in [0.5, 0.6) is 0 Å². The minimum atomic E-state index is -4.67. The number of nitro groups is 1. The maximum Gasteiger partial charge on any atom is 0.394 e. The van der Waals surface area contributed by atoms with Crippen molar-refractivity contribution in [2.45, 2.75) is 6.42 Å². The van der Waals surface area contributed by atoms with Crippen LogP contribution >= 0.6 is 31.9 Å². The summed E-state index contributed by atoms with van der Waals surface area (Å²) in [5, 5.41) is 23.5. The fourth-order valence-electron chi connectivity index (χ4n) is 2.15. The maximum atomic E-state index is 11.0. The molecule has 0 aliphatic rings. The normalized spacial score (nSPS) is 10.3. The summed E-state index contributed by atoms with van der Waals surface area (Å²) in [4.78, 5) is 31.8. The average molecular weight is 614 g/mol. The summed E-state index contributed by atoms with van der Waals surface area (Å²) in [7, 11) is -3.42. The average Bonchev–Trinajstić information content (AvgIpc) is 3.11. The summed E-state index contributed by atoms with van der Waals surface area (Å²) in [6.07, 6.45) is -0.0971. The molecule has 178 valence electrons. The van der Waals surface area contributed by atoms with E-state index in [0.29, 0.717) is 20.9 Å². The lowest BCUT2D eigenvalue weighted by molar-refractivity contribution is -0.385. The van der Waals surface area contributed by atoms with Crippen molar-refractivity contribution >= 4 is 70.8 Å². The number of methoxy groups -OCH3 is 1. The number of carboxylic acids is 1. The van der Waals surface area contributed by atoms with Crippen molar-refractivity contribution in [3.63, 3.8) is 0 Å². The van der Waals surface area contributed by atoms with Crippen LogP contribution in [0.3, 0.4) is 0 Å². The molecule has 16 heteroatoms. The number of fused-ring (bicyclic) bond motifs is 1. The zero-order valence-corrected chi connectivity index (χ0v) is 20.3. The number of hydrogen-bond donors (Lipinski definition) is 3.